The van der Waals surface area contributed by atoms with Gasteiger partial charge in [-0.2, -0.15) is 8.78 Å². The van der Waals surface area contributed by atoms with Gasteiger partial charge in [-0.3, -0.25) is 4.79 Å². The van der Waals surface area contributed by atoms with E-state index in [0.717, 1.165) is 12.1 Å². The van der Waals surface area contributed by atoms with Gasteiger partial charge in [0.25, 0.3) is 0 Å². The summed E-state index contributed by atoms with van der Waals surface area (Å²) >= 11 is 0. The summed E-state index contributed by atoms with van der Waals surface area (Å²) in [7, 11) is 0. The number of alkyl halides is 4. The minimum Gasteiger partial charge on any atom is -0.466 e. The molecule has 3 nitrogen and oxygen atoms in total. The van der Waals surface area contributed by atoms with Gasteiger partial charge >= 0.3 is 18.3 Å². The molecule has 0 fully saturated rings. The van der Waals surface area contributed by atoms with Crippen molar-refractivity contribution in [3.63, 3.8) is 0 Å². The number of carbonyl (C=O) groups excluding carboxylic acids is 1. The largest absolute Gasteiger partial charge is 0.466 e. The normalized spacial score (nSPS) is 14.9. The Kier molecular flexibility index (Phi) is 5.10. The minimum atomic E-state index is -4.79. The second-order valence-corrected chi connectivity index (χ2v) is 4.13. The zero-order chi connectivity index (χ0) is 15.4. The summed E-state index contributed by atoms with van der Waals surface area (Å²) in [5.74, 6) is -5.97. The van der Waals surface area contributed by atoms with E-state index in [2.05, 4.69) is 4.74 Å². The molecule has 0 radical (unpaired) electrons. The lowest BCUT2D eigenvalue weighted by Crippen LogP contribution is -2.51. The number of hydrogen-bond acceptors (Lipinski definition) is 3. The van der Waals surface area contributed by atoms with Crippen LogP contribution in [0.2, 0.25) is 0 Å². The highest BCUT2D eigenvalue weighted by atomic mass is 19.3. The molecule has 1 aromatic carbocycles. The van der Waals surface area contributed by atoms with E-state index >= 15 is 0 Å². The Morgan fingerprint density at radius 2 is 1.85 bits per heavy atom. The average Bonchev–Trinajstić information content (AvgIpc) is 2.39. The number of ether oxygens (including phenoxy) is 1. The molecule has 1 atom stereocenters. The number of carbonyl (C=O) groups is 1. The first-order valence-electron chi connectivity index (χ1n) is 5.85. The number of esters is 1. The van der Waals surface area contributed by atoms with Crippen LogP contribution in [0, 0.1) is 0 Å². The molecule has 0 aromatic heterocycles. The zero-order valence-corrected chi connectivity index (χ0v) is 10.7. The summed E-state index contributed by atoms with van der Waals surface area (Å²) < 4.78 is 56.9. The van der Waals surface area contributed by atoms with Crippen LogP contribution in [-0.2, 0) is 15.1 Å². The molecule has 1 rings (SSSR count). The fraction of sp³-hybridized carbons (Fsp3) is 0.462. The van der Waals surface area contributed by atoms with Crippen LogP contribution in [0.5, 0.6) is 0 Å². The Bertz CT molecular complexity index is 450. The molecule has 0 saturated carbocycles. The van der Waals surface area contributed by atoms with Crippen molar-refractivity contribution in [2.45, 2.75) is 31.3 Å². The first-order chi connectivity index (χ1) is 9.25. The van der Waals surface area contributed by atoms with Crippen LogP contribution in [-0.4, -0.2) is 30.0 Å². The Balaban J connectivity index is 3.23. The number of benzene rings is 1. The summed E-state index contributed by atoms with van der Waals surface area (Å²) in [4.78, 5) is 11.3. The van der Waals surface area contributed by atoms with Crippen LogP contribution in [0.4, 0.5) is 17.6 Å². The molecule has 0 aliphatic carbocycles. The highest BCUT2D eigenvalue weighted by molar-refractivity contribution is 5.71. The molecule has 1 N–H and O–H groups in total. The van der Waals surface area contributed by atoms with E-state index in [9.17, 15) is 27.5 Å². The van der Waals surface area contributed by atoms with E-state index in [-0.39, 0.29) is 6.61 Å². The molecule has 0 bridgehead atoms. The minimum absolute atomic E-state index is 0.107. The lowest BCUT2D eigenvalue weighted by Gasteiger charge is -2.34. The van der Waals surface area contributed by atoms with Crippen molar-refractivity contribution in [2.75, 3.05) is 6.61 Å². The maximum atomic E-state index is 13.7. The second kappa shape index (κ2) is 6.21. The molecule has 0 spiro atoms. The molecule has 1 aromatic rings. The zero-order valence-electron chi connectivity index (χ0n) is 10.7. The molecule has 7 heteroatoms. The molecular weight excluding hydrogens is 280 g/mol. The van der Waals surface area contributed by atoms with E-state index < -0.39 is 35.9 Å². The summed E-state index contributed by atoms with van der Waals surface area (Å²) in [5.41, 5.74) is -3.80. The summed E-state index contributed by atoms with van der Waals surface area (Å²) in [6.45, 7) is 1.33. The van der Waals surface area contributed by atoms with Crippen molar-refractivity contribution >= 4 is 5.97 Å². The Hall–Kier alpha value is -1.63. The third-order valence-corrected chi connectivity index (χ3v) is 2.78. The van der Waals surface area contributed by atoms with E-state index in [1.54, 1.807) is 0 Å². The number of hydrogen-bond donors (Lipinski definition) is 1. The van der Waals surface area contributed by atoms with Gasteiger partial charge in [-0.15, -0.1) is 0 Å². The lowest BCUT2D eigenvalue weighted by atomic mass is 9.84. The Morgan fingerprint density at radius 3 is 2.30 bits per heavy atom. The number of halogens is 4. The van der Waals surface area contributed by atoms with Crippen molar-refractivity contribution in [3.05, 3.63) is 35.9 Å². The molecule has 0 amide bonds. The highest BCUT2D eigenvalue weighted by Crippen LogP contribution is 2.44. The standard InChI is InChI=1S/C13H14F4O3/c1-2-20-10(18)8-12(19,13(16,17)11(14)15)9-6-4-3-5-7-9/h3-7,11,19H,2,8H2,1H3/t12-/m0/s1. The Morgan fingerprint density at radius 1 is 1.30 bits per heavy atom. The predicted molar refractivity (Wildman–Crippen MR) is 62.5 cm³/mol. The fourth-order valence-electron chi connectivity index (χ4n) is 1.73. The Labute approximate surface area is 113 Å². The van der Waals surface area contributed by atoms with Crippen molar-refractivity contribution in [3.8, 4) is 0 Å². The van der Waals surface area contributed by atoms with E-state index in [1.165, 1.54) is 25.1 Å². The van der Waals surface area contributed by atoms with Gasteiger partial charge in [-0.1, -0.05) is 30.3 Å². The van der Waals surface area contributed by atoms with E-state index in [0.29, 0.717) is 0 Å². The summed E-state index contributed by atoms with van der Waals surface area (Å²) in [5, 5.41) is 10.0. The van der Waals surface area contributed by atoms with Crippen molar-refractivity contribution < 1.29 is 32.2 Å². The SMILES string of the molecule is CCOC(=O)C[C@](O)(c1ccccc1)C(F)(F)C(F)F. The van der Waals surface area contributed by atoms with Gasteiger partial charge in [0.15, 0.2) is 5.60 Å². The maximum absolute atomic E-state index is 13.7. The van der Waals surface area contributed by atoms with Crippen LogP contribution < -0.4 is 0 Å². The van der Waals surface area contributed by atoms with Crippen molar-refractivity contribution in [1.29, 1.82) is 0 Å². The third kappa shape index (κ3) is 3.09. The van der Waals surface area contributed by atoms with Gasteiger partial charge in [0.05, 0.1) is 13.0 Å². The lowest BCUT2D eigenvalue weighted by molar-refractivity contribution is -0.252. The van der Waals surface area contributed by atoms with E-state index in [1.807, 2.05) is 0 Å². The highest BCUT2D eigenvalue weighted by Gasteiger charge is 2.61. The third-order valence-electron chi connectivity index (χ3n) is 2.78. The van der Waals surface area contributed by atoms with Gasteiger partial charge in [-0.05, 0) is 12.5 Å². The van der Waals surface area contributed by atoms with E-state index in [4.69, 9.17) is 0 Å². The van der Waals surface area contributed by atoms with Gasteiger partial charge in [0, 0.05) is 0 Å². The average molecular weight is 294 g/mol. The van der Waals surface area contributed by atoms with Gasteiger partial charge < -0.3 is 9.84 Å². The van der Waals surface area contributed by atoms with Crippen LogP contribution in [0.3, 0.4) is 0 Å². The number of aliphatic hydroxyl groups is 1. The van der Waals surface area contributed by atoms with Crippen LogP contribution >= 0.6 is 0 Å². The topological polar surface area (TPSA) is 46.5 Å². The van der Waals surface area contributed by atoms with Crippen molar-refractivity contribution in [1.82, 2.24) is 0 Å². The van der Waals surface area contributed by atoms with Gasteiger partial charge in [-0.25, -0.2) is 8.78 Å². The molecule has 0 heterocycles. The monoisotopic (exact) mass is 294 g/mol. The molecule has 0 aliphatic heterocycles. The first-order valence-corrected chi connectivity index (χ1v) is 5.85. The molecule has 0 unspecified atom stereocenters. The van der Waals surface area contributed by atoms with Gasteiger partial charge in [0.2, 0.25) is 0 Å². The second-order valence-electron chi connectivity index (χ2n) is 4.13. The molecule has 0 saturated heterocycles. The first kappa shape index (κ1) is 16.4. The molecular formula is C13H14F4O3. The summed E-state index contributed by atoms with van der Waals surface area (Å²) in [6, 6.07) is 6.17. The quantitative estimate of drug-likeness (QED) is 0.648. The van der Waals surface area contributed by atoms with Crippen LogP contribution in [0.25, 0.3) is 0 Å². The van der Waals surface area contributed by atoms with Gasteiger partial charge in [0.1, 0.15) is 0 Å². The predicted octanol–water partition coefficient (Wildman–Crippen LogP) is 2.73. The van der Waals surface area contributed by atoms with Crippen molar-refractivity contribution in [2.24, 2.45) is 0 Å². The molecule has 20 heavy (non-hydrogen) atoms. The molecule has 0 aliphatic rings. The van der Waals surface area contributed by atoms with Crippen LogP contribution in [0.15, 0.2) is 30.3 Å². The number of rotatable bonds is 6. The maximum Gasteiger partial charge on any atom is 0.340 e. The fourth-order valence-corrected chi connectivity index (χ4v) is 1.73. The molecule has 112 valence electrons. The summed E-state index contributed by atoms with van der Waals surface area (Å²) in [6.07, 6.45) is -5.38. The smallest absolute Gasteiger partial charge is 0.340 e. The van der Waals surface area contributed by atoms with Crippen LogP contribution in [0.1, 0.15) is 18.9 Å².